The molecule has 0 aromatic rings. The monoisotopic (exact) mass is 513 g/mol. The first kappa shape index (κ1) is 30.4. The van der Waals surface area contributed by atoms with Crippen molar-refractivity contribution in [3.8, 4) is 0 Å². The number of carbonyl (C=O) groups is 5. The lowest BCUT2D eigenvalue weighted by molar-refractivity contribution is -0.154. The zero-order valence-corrected chi connectivity index (χ0v) is 21.4. The number of thiol groups is 1. The van der Waals surface area contributed by atoms with Crippen molar-refractivity contribution in [3.05, 3.63) is 0 Å². The average Bonchev–Trinajstić information content (AvgIpc) is 2.83. The lowest BCUT2D eigenvalue weighted by Gasteiger charge is -2.47. The van der Waals surface area contributed by atoms with Crippen molar-refractivity contribution in [1.29, 1.82) is 0 Å². The summed E-state index contributed by atoms with van der Waals surface area (Å²) < 4.78 is 0. The third kappa shape index (κ3) is 8.49. The first-order valence-electron chi connectivity index (χ1n) is 11.9. The van der Waals surface area contributed by atoms with E-state index in [9.17, 15) is 24.0 Å². The van der Waals surface area contributed by atoms with Crippen LogP contribution < -0.4 is 27.8 Å². The van der Waals surface area contributed by atoms with Gasteiger partial charge < -0.3 is 37.5 Å². The van der Waals surface area contributed by atoms with Crippen LogP contribution in [0.25, 0.3) is 0 Å². The summed E-state index contributed by atoms with van der Waals surface area (Å²) in [6, 6.07) is -1.16. The molecule has 3 atom stereocenters. The number of ketones is 1. The topological polar surface area (TPSA) is 203 Å². The van der Waals surface area contributed by atoms with Gasteiger partial charge in [-0.1, -0.05) is 26.2 Å². The number of Topliss-reactive ketones (excluding diaryl/α,β-unsaturated/α-hetero) is 1. The van der Waals surface area contributed by atoms with Gasteiger partial charge >= 0.3 is 0 Å². The second kappa shape index (κ2) is 14.7. The van der Waals surface area contributed by atoms with E-state index >= 15 is 0 Å². The van der Waals surface area contributed by atoms with E-state index in [2.05, 4.69) is 28.3 Å². The Kier molecular flexibility index (Phi) is 12.7. The van der Waals surface area contributed by atoms with Crippen LogP contribution in [0.3, 0.4) is 0 Å². The smallest absolute Gasteiger partial charge is 0.243 e. The maximum atomic E-state index is 13.5. The maximum Gasteiger partial charge on any atom is 0.243 e. The van der Waals surface area contributed by atoms with Crippen LogP contribution in [0.1, 0.15) is 58.8 Å². The third-order valence-electron chi connectivity index (χ3n) is 6.03. The molecule has 8 N–H and O–H groups in total. The number of aliphatic imine (C=N–C) groups is 1. The number of rotatable bonds is 14. The fraction of sp³-hybridized carbons (Fsp3) is 0.727. The van der Waals surface area contributed by atoms with Crippen LogP contribution >= 0.6 is 12.6 Å². The molecule has 0 aliphatic heterocycles. The number of guanidine groups is 1. The molecule has 0 spiro atoms. The molecule has 0 radical (unpaired) electrons. The van der Waals surface area contributed by atoms with E-state index in [1.807, 2.05) is 0 Å². The molecule has 0 aromatic heterocycles. The summed E-state index contributed by atoms with van der Waals surface area (Å²) >= 11 is 4.58. The minimum absolute atomic E-state index is 0.00423. The van der Waals surface area contributed by atoms with Crippen LogP contribution in [0, 0.1) is 0 Å². The molecule has 0 aromatic carbocycles. The molecular formula is C22H39N7O5S. The standard InChI is InChI=1S/C22H39N7O5S/c1-3-16(31)22(13-30,17(35)9-10-26-21(24)25)29(15-7-5-4-6-8-15)19(33)12-27-18(32)11-28-20(34)14(2)23/h13-15,17,35H,3-12,23H2,1-2H3,(H,27,32)(H,28,34)(H4,24,25,26)/t14-,17?,22-/m0/s1. The van der Waals surface area contributed by atoms with E-state index in [0.717, 1.165) is 19.3 Å². The van der Waals surface area contributed by atoms with Gasteiger partial charge in [0.2, 0.25) is 17.7 Å². The number of hydrogen-bond donors (Lipinski definition) is 6. The van der Waals surface area contributed by atoms with Crippen LogP contribution in [0.5, 0.6) is 0 Å². The van der Waals surface area contributed by atoms with Crippen LogP contribution in [0.15, 0.2) is 4.99 Å². The van der Waals surface area contributed by atoms with Crippen molar-refractivity contribution in [2.75, 3.05) is 19.6 Å². The molecule has 0 saturated heterocycles. The predicted molar refractivity (Wildman–Crippen MR) is 136 cm³/mol. The van der Waals surface area contributed by atoms with Crippen LogP contribution in [0.4, 0.5) is 0 Å². The molecule has 1 aliphatic rings. The molecule has 12 nitrogen and oxygen atoms in total. The van der Waals surface area contributed by atoms with Crippen molar-refractivity contribution in [2.45, 2.75) is 81.7 Å². The van der Waals surface area contributed by atoms with Crippen LogP contribution in [-0.4, -0.2) is 83.2 Å². The van der Waals surface area contributed by atoms with Gasteiger partial charge in [-0.25, -0.2) is 0 Å². The van der Waals surface area contributed by atoms with Gasteiger partial charge in [0.1, 0.15) is 0 Å². The van der Waals surface area contributed by atoms with Crippen molar-refractivity contribution in [2.24, 2.45) is 22.2 Å². The van der Waals surface area contributed by atoms with Gasteiger partial charge in [0.05, 0.1) is 19.1 Å². The van der Waals surface area contributed by atoms with Gasteiger partial charge in [0, 0.05) is 24.3 Å². The molecule has 0 bridgehead atoms. The average molecular weight is 514 g/mol. The lowest BCUT2D eigenvalue weighted by Crippen LogP contribution is -2.68. The maximum absolute atomic E-state index is 13.5. The Morgan fingerprint density at radius 3 is 2.29 bits per heavy atom. The van der Waals surface area contributed by atoms with Gasteiger partial charge in [-0.3, -0.25) is 24.2 Å². The van der Waals surface area contributed by atoms with E-state index in [1.54, 1.807) is 6.92 Å². The Labute approximate surface area is 211 Å². The molecule has 3 amide bonds. The summed E-state index contributed by atoms with van der Waals surface area (Å²) in [6.45, 7) is 2.39. The summed E-state index contributed by atoms with van der Waals surface area (Å²) in [6.07, 6.45) is 4.55. The predicted octanol–water partition coefficient (Wildman–Crippen LogP) is -1.39. The minimum atomic E-state index is -1.84. The van der Waals surface area contributed by atoms with Crippen LogP contribution in [0.2, 0.25) is 0 Å². The zero-order chi connectivity index (χ0) is 26.6. The van der Waals surface area contributed by atoms with Gasteiger partial charge in [-0.2, -0.15) is 12.6 Å². The van der Waals surface area contributed by atoms with Gasteiger partial charge in [-0.05, 0) is 26.2 Å². The molecule has 1 aliphatic carbocycles. The van der Waals surface area contributed by atoms with Gasteiger partial charge in [0.15, 0.2) is 23.6 Å². The summed E-state index contributed by atoms with van der Waals surface area (Å²) in [4.78, 5) is 68.4. The van der Waals surface area contributed by atoms with Crippen molar-refractivity contribution in [3.63, 3.8) is 0 Å². The number of nitrogens with zero attached hydrogens (tertiary/aromatic N) is 2. The molecule has 0 heterocycles. The number of hydrogen-bond acceptors (Lipinski definition) is 8. The zero-order valence-electron chi connectivity index (χ0n) is 20.5. The number of aldehydes is 1. The molecule has 35 heavy (non-hydrogen) atoms. The fourth-order valence-electron chi connectivity index (χ4n) is 4.20. The highest BCUT2D eigenvalue weighted by atomic mass is 32.1. The highest BCUT2D eigenvalue weighted by Gasteiger charge is 2.52. The van der Waals surface area contributed by atoms with Gasteiger partial charge in [0.25, 0.3) is 0 Å². The second-order valence-corrected chi connectivity index (χ2v) is 9.29. The van der Waals surface area contributed by atoms with Crippen LogP contribution in [-0.2, 0) is 24.0 Å². The molecule has 198 valence electrons. The molecule has 1 saturated carbocycles. The molecule has 1 fully saturated rings. The number of carbonyl (C=O) groups excluding carboxylic acids is 5. The Morgan fingerprint density at radius 2 is 1.77 bits per heavy atom. The minimum Gasteiger partial charge on any atom is -0.370 e. The normalized spacial score (nSPS) is 17.3. The fourth-order valence-corrected chi connectivity index (χ4v) is 4.65. The highest BCUT2D eigenvalue weighted by molar-refractivity contribution is 7.81. The van der Waals surface area contributed by atoms with E-state index in [4.69, 9.17) is 17.2 Å². The van der Waals surface area contributed by atoms with E-state index in [1.165, 1.54) is 11.8 Å². The Hall–Kier alpha value is -2.67. The van der Waals surface area contributed by atoms with E-state index in [-0.39, 0.29) is 37.9 Å². The van der Waals surface area contributed by atoms with Crippen molar-refractivity contribution >= 4 is 48.4 Å². The van der Waals surface area contributed by atoms with Crippen molar-refractivity contribution in [1.82, 2.24) is 15.5 Å². The first-order chi connectivity index (χ1) is 16.5. The Balaban J connectivity index is 3.21. The molecule has 1 rings (SSSR count). The summed E-state index contributed by atoms with van der Waals surface area (Å²) in [5.41, 5.74) is 14.4. The SMILES string of the molecule is CCC(=O)[C@@](C=O)(C(S)CCN=C(N)N)N(C(=O)CNC(=O)CNC(=O)[C@H](C)N)C1CCCCC1. The molecular weight excluding hydrogens is 474 g/mol. The van der Waals surface area contributed by atoms with E-state index < -0.39 is 46.9 Å². The molecule has 13 heteroatoms. The van der Waals surface area contributed by atoms with Gasteiger partial charge in [-0.15, -0.1) is 0 Å². The lowest BCUT2D eigenvalue weighted by atomic mass is 9.81. The number of amides is 3. The largest absolute Gasteiger partial charge is 0.370 e. The van der Waals surface area contributed by atoms with E-state index in [0.29, 0.717) is 19.1 Å². The second-order valence-electron chi connectivity index (χ2n) is 8.67. The highest BCUT2D eigenvalue weighted by Crippen LogP contribution is 2.34. The first-order valence-corrected chi connectivity index (χ1v) is 12.4. The quantitative estimate of drug-likeness (QED) is 0.0535. The molecule has 1 unspecified atom stereocenters. The van der Waals surface area contributed by atoms with Crippen molar-refractivity contribution < 1.29 is 24.0 Å². The Bertz CT molecular complexity index is 797. The number of nitrogens with two attached hydrogens (primary N) is 3. The summed E-state index contributed by atoms with van der Waals surface area (Å²) in [5, 5.41) is 3.94. The Morgan fingerprint density at radius 1 is 1.14 bits per heavy atom. The number of nitrogens with one attached hydrogen (secondary N) is 2. The summed E-state index contributed by atoms with van der Waals surface area (Å²) in [7, 11) is 0. The third-order valence-corrected chi connectivity index (χ3v) is 6.68. The summed E-state index contributed by atoms with van der Waals surface area (Å²) in [5.74, 6) is -2.29.